The first-order chi connectivity index (χ1) is 11.5. The van der Waals surface area contributed by atoms with Gasteiger partial charge in [0.25, 0.3) is 5.91 Å². The molecule has 0 fully saturated rings. The Labute approximate surface area is 142 Å². The van der Waals surface area contributed by atoms with E-state index in [1.165, 1.54) is 0 Å². The standard InChI is InChI=1S/C19H23NO4/c1-13-5-10-18(23-4)17(11-13)14(2)20-19(21)12-24-16-8-6-15(22-3)7-9-16/h5-11,14H,12H2,1-4H3,(H,20,21). The minimum Gasteiger partial charge on any atom is -0.497 e. The largest absolute Gasteiger partial charge is 0.497 e. The van der Waals surface area contributed by atoms with Crippen molar-refractivity contribution in [3.8, 4) is 17.2 Å². The van der Waals surface area contributed by atoms with Crippen LogP contribution in [-0.4, -0.2) is 26.7 Å². The summed E-state index contributed by atoms with van der Waals surface area (Å²) in [6.45, 7) is 3.87. The highest BCUT2D eigenvalue weighted by atomic mass is 16.5. The highest BCUT2D eigenvalue weighted by molar-refractivity contribution is 5.78. The molecule has 1 unspecified atom stereocenters. The third kappa shape index (κ3) is 4.65. The molecule has 2 aromatic rings. The molecular formula is C19H23NO4. The van der Waals surface area contributed by atoms with E-state index in [1.807, 2.05) is 32.0 Å². The van der Waals surface area contributed by atoms with Gasteiger partial charge in [-0.1, -0.05) is 17.7 Å². The van der Waals surface area contributed by atoms with E-state index in [1.54, 1.807) is 38.5 Å². The molecule has 0 aromatic heterocycles. The number of benzene rings is 2. The number of ether oxygens (including phenoxy) is 3. The first-order valence-corrected chi connectivity index (χ1v) is 7.74. The van der Waals surface area contributed by atoms with Gasteiger partial charge in [-0.2, -0.15) is 0 Å². The van der Waals surface area contributed by atoms with Gasteiger partial charge in [0.05, 0.1) is 20.3 Å². The fraction of sp³-hybridized carbons (Fsp3) is 0.316. The summed E-state index contributed by atoms with van der Waals surface area (Å²) < 4.78 is 15.9. The molecule has 0 bridgehead atoms. The Kier molecular flexibility index (Phi) is 6.07. The Balaban J connectivity index is 1.92. The van der Waals surface area contributed by atoms with E-state index in [2.05, 4.69) is 5.32 Å². The molecule has 2 rings (SSSR count). The van der Waals surface area contributed by atoms with Crippen molar-refractivity contribution in [2.24, 2.45) is 0 Å². The Morgan fingerprint density at radius 2 is 1.71 bits per heavy atom. The SMILES string of the molecule is COc1ccc(OCC(=O)NC(C)c2cc(C)ccc2OC)cc1. The molecule has 0 heterocycles. The zero-order chi connectivity index (χ0) is 17.5. The highest BCUT2D eigenvalue weighted by Gasteiger charge is 2.14. The lowest BCUT2D eigenvalue weighted by atomic mass is 10.0. The van der Waals surface area contributed by atoms with Crippen molar-refractivity contribution < 1.29 is 19.0 Å². The average molecular weight is 329 g/mol. The number of carbonyl (C=O) groups is 1. The zero-order valence-electron chi connectivity index (χ0n) is 14.5. The third-order valence-corrected chi connectivity index (χ3v) is 3.66. The van der Waals surface area contributed by atoms with Gasteiger partial charge in [0.2, 0.25) is 0 Å². The molecule has 128 valence electrons. The number of rotatable bonds is 7. The number of aryl methyl sites for hydroxylation is 1. The van der Waals surface area contributed by atoms with Gasteiger partial charge in [-0.3, -0.25) is 4.79 Å². The quantitative estimate of drug-likeness (QED) is 0.847. The van der Waals surface area contributed by atoms with Gasteiger partial charge in [-0.05, 0) is 44.2 Å². The Morgan fingerprint density at radius 1 is 1.04 bits per heavy atom. The lowest BCUT2D eigenvalue weighted by molar-refractivity contribution is -0.123. The minimum atomic E-state index is -0.193. The summed E-state index contributed by atoms with van der Waals surface area (Å²) >= 11 is 0. The van der Waals surface area contributed by atoms with E-state index >= 15 is 0 Å². The molecule has 2 aromatic carbocycles. The van der Waals surface area contributed by atoms with E-state index in [0.29, 0.717) is 5.75 Å². The topological polar surface area (TPSA) is 56.8 Å². The molecule has 5 heteroatoms. The van der Waals surface area contributed by atoms with Crippen LogP contribution in [0, 0.1) is 6.92 Å². The number of methoxy groups -OCH3 is 2. The van der Waals surface area contributed by atoms with Gasteiger partial charge in [-0.15, -0.1) is 0 Å². The van der Waals surface area contributed by atoms with Crippen LogP contribution < -0.4 is 19.5 Å². The fourth-order valence-corrected chi connectivity index (χ4v) is 2.37. The zero-order valence-corrected chi connectivity index (χ0v) is 14.5. The molecular weight excluding hydrogens is 306 g/mol. The van der Waals surface area contributed by atoms with E-state index in [9.17, 15) is 4.79 Å². The highest BCUT2D eigenvalue weighted by Crippen LogP contribution is 2.26. The number of hydrogen-bond acceptors (Lipinski definition) is 4. The number of amides is 1. The van der Waals surface area contributed by atoms with Gasteiger partial charge in [0.15, 0.2) is 6.61 Å². The van der Waals surface area contributed by atoms with Crippen molar-refractivity contribution in [1.29, 1.82) is 0 Å². The molecule has 0 saturated carbocycles. The molecule has 0 saturated heterocycles. The lowest BCUT2D eigenvalue weighted by Gasteiger charge is -2.18. The second-order valence-electron chi connectivity index (χ2n) is 5.50. The molecule has 5 nitrogen and oxygen atoms in total. The maximum Gasteiger partial charge on any atom is 0.258 e. The van der Waals surface area contributed by atoms with E-state index < -0.39 is 0 Å². The summed E-state index contributed by atoms with van der Waals surface area (Å²) in [5, 5.41) is 2.92. The predicted octanol–water partition coefficient (Wildman–Crippen LogP) is 3.27. The van der Waals surface area contributed by atoms with Gasteiger partial charge in [-0.25, -0.2) is 0 Å². The number of hydrogen-bond donors (Lipinski definition) is 1. The first kappa shape index (κ1) is 17.7. The molecule has 0 aliphatic rings. The second kappa shape index (κ2) is 8.24. The summed E-state index contributed by atoms with van der Waals surface area (Å²) in [6.07, 6.45) is 0. The minimum absolute atomic E-state index is 0.0508. The number of nitrogens with one attached hydrogen (secondary N) is 1. The molecule has 0 spiro atoms. The molecule has 1 N–H and O–H groups in total. The Bertz CT molecular complexity index is 682. The maximum atomic E-state index is 12.1. The summed E-state index contributed by atoms with van der Waals surface area (Å²) in [5.74, 6) is 1.92. The second-order valence-corrected chi connectivity index (χ2v) is 5.50. The van der Waals surface area contributed by atoms with Gasteiger partial charge >= 0.3 is 0 Å². The van der Waals surface area contributed by atoms with Crippen LogP contribution >= 0.6 is 0 Å². The summed E-state index contributed by atoms with van der Waals surface area (Å²) in [7, 11) is 3.22. The fourth-order valence-electron chi connectivity index (χ4n) is 2.37. The Morgan fingerprint density at radius 3 is 2.33 bits per heavy atom. The molecule has 1 atom stereocenters. The van der Waals surface area contributed by atoms with Crippen LogP contribution in [0.1, 0.15) is 24.1 Å². The summed E-state index contributed by atoms with van der Waals surface area (Å²) in [6, 6.07) is 12.8. The van der Waals surface area contributed by atoms with Gasteiger partial charge in [0.1, 0.15) is 17.2 Å². The monoisotopic (exact) mass is 329 g/mol. The molecule has 0 aliphatic carbocycles. The maximum absolute atomic E-state index is 12.1. The van der Waals surface area contributed by atoms with Crippen LogP contribution in [0.2, 0.25) is 0 Å². The van der Waals surface area contributed by atoms with E-state index in [-0.39, 0.29) is 18.6 Å². The summed E-state index contributed by atoms with van der Waals surface area (Å²) in [5.41, 5.74) is 2.05. The lowest BCUT2D eigenvalue weighted by Crippen LogP contribution is -2.31. The van der Waals surface area contributed by atoms with Crippen molar-refractivity contribution in [2.75, 3.05) is 20.8 Å². The normalized spacial score (nSPS) is 11.5. The van der Waals surface area contributed by atoms with Crippen LogP contribution in [0.5, 0.6) is 17.2 Å². The van der Waals surface area contributed by atoms with Crippen LogP contribution in [0.4, 0.5) is 0 Å². The average Bonchev–Trinajstić information content (AvgIpc) is 2.60. The van der Waals surface area contributed by atoms with Crippen LogP contribution in [0.15, 0.2) is 42.5 Å². The van der Waals surface area contributed by atoms with Crippen molar-refractivity contribution >= 4 is 5.91 Å². The molecule has 0 aliphatic heterocycles. The molecule has 0 radical (unpaired) electrons. The van der Waals surface area contributed by atoms with Crippen molar-refractivity contribution in [2.45, 2.75) is 19.9 Å². The van der Waals surface area contributed by atoms with E-state index in [4.69, 9.17) is 14.2 Å². The summed E-state index contributed by atoms with van der Waals surface area (Å²) in [4.78, 5) is 12.1. The van der Waals surface area contributed by atoms with E-state index in [0.717, 1.165) is 22.6 Å². The Hall–Kier alpha value is -2.69. The van der Waals surface area contributed by atoms with Crippen molar-refractivity contribution in [1.82, 2.24) is 5.32 Å². The van der Waals surface area contributed by atoms with Crippen LogP contribution in [-0.2, 0) is 4.79 Å². The van der Waals surface area contributed by atoms with Crippen molar-refractivity contribution in [3.05, 3.63) is 53.6 Å². The van der Waals surface area contributed by atoms with Crippen molar-refractivity contribution in [3.63, 3.8) is 0 Å². The smallest absolute Gasteiger partial charge is 0.258 e. The predicted molar refractivity (Wildman–Crippen MR) is 92.8 cm³/mol. The number of carbonyl (C=O) groups excluding carboxylic acids is 1. The van der Waals surface area contributed by atoms with Crippen LogP contribution in [0.25, 0.3) is 0 Å². The van der Waals surface area contributed by atoms with Gasteiger partial charge in [0, 0.05) is 5.56 Å². The molecule has 1 amide bonds. The molecule has 24 heavy (non-hydrogen) atoms. The first-order valence-electron chi connectivity index (χ1n) is 7.74. The third-order valence-electron chi connectivity index (χ3n) is 3.66. The van der Waals surface area contributed by atoms with Crippen LogP contribution in [0.3, 0.4) is 0 Å². The van der Waals surface area contributed by atoms with Gasteiger partial charge < -0.3 is 19.5 Å².